The molecule has 2 aromatic heterocycles. The molecular formula is C43H40N4O3S. The highest BCUT2D eigenvalue weighted by Gasteiger charge is 2.35. The first-order chi connectivity index (χ1) is 24.8. The van der Waals surface area contributed by atoms with Gasteiger partial charge in [-0.2, -0.15) is 0 Å². The molecule has 7 rings (SSSR count). The number of carbonyl (C=O) groups is 1. The molecule has 0 saturated carbocycles. The molecular weight excluding hydrogens is 653 g/mol. The van der Waals surface area contributed by atoms with Crippen LogP contribution >= 0.6 is 11.3 Å². The van der Waals surface area contributed by atoms with Crippen molar-refractivity contribution in [1.29, 1.82) is 0 Å². The lowest BCUT2D eigenvalue weighted by molar-refractivity contribution is -0.127. The predicted octanol–water partition coefficient (Wildman–Crippen LogP) is 7.55. The molecule has 0 aliphatic carbocycles. The number of aromatic nitrogens is 2. The van der Waals surface area contributed by atoms with Crippen LogP contribution in [0, 0.1) is 6.92 Å². The van der Waals surface area contributed by atoms with E-state index < -0.39 is 6.04 Å². The quantitative estimate of drug-likeness (QED) is 0.157. The first kappa shape index (κ1) is 33.8. The number of fused-ring (bicyclic) bond motifs is 1. The minimum atomic E-state index is -0.710. The fraction of sp³-hybridized carbons (Fsp3) is 0.186. The van der Waals surface area contributed by atoms with Gasteiger partial charge in [0.2, 0.25) is 0 Å². The van der Waals surface area contributed by atoms with Gasteiger partial charge in [-0.1, -0.05) is 108 Å². The van der Waals surface area contributed by atoms with Gasteiger partial charge in [0.15, 0.2) is 4.80 Å². The predicted molar refractivity (Wildman–Crippen MR) is 206 cm³/mol. The van der Waals surface area contributed by atoms with Gasteiger partial charge >= 0.3 is 0 Å². The lowest BCUT2D eigenvalue weighted by atomic mass is 9.94. The summed E-state index contributed by atoms with van der Waals surface area (Å²) in [6.07, 6.45) is 1.98. The molecule has 0 spiro atoms. The molecule has 1 aliphatic heterocycles. The summed E-state index contributed by atoms with van der Waals surface area (Å²) < 4.78 is 10.3. The van der Waals surface area contributed by atoms with Gasteiger partial charge < -0.3 is 14.2 Å². The minimum absolute atomic E-state index is 0.138. The maximum atomic E-state index is 14.8. The van der Waals surface area contributed by atoms with Gasteiger partial charge in [-0.25, -0.2) is 4.99 Å². The van der Waals surface area contributed by atoms with E-state index in [1.165, 1.54) is 16.9 Å². The molecule has 4 aromatic carbocycles. The Labute approximate surface area is 301 Å². The minimum Gasteiger partial charge on any atom is -0.496 e. The number of benzene rings is 4. The van der Waals surface area contributed by atoms with Crippen LogP contribution in [-0.2, 0) is 4.79 Å². The average Bonchev–Trinajstić information content (AvgIpc) is 3.69. The largest absolute Gasteiger partial charge is 0.496 e. The second-order valence-electron chi connectivity index (χ2n) is 12.5. The topological polar surface area (TPSA) is 68.8 Å². The zero-order chi connectivity index (χ0) is 35.6. The van der Waals surface area contributed by atoms with Crippen molar-refractivity contribution >= 4 is 23.3 Å². The molecule has 6 aromatic rings. The van der Waals surface area contributed by atoms with Crippen LogP contribution in [0.25, 0.3) is 34.3 Å². The Morgan fingerprint density at radius 1 is 0.863 bits per heavy atom. The van der Waals surface area contributed by atoms with Crippen molar-refractivity contribution in [2.75, 3.05) is 20.2 Å². The second-order valence-corrected chi connectivity index (χ2v) is 13.5. The van der Waals surface area contributed by atoms with E-state index in [2.05, 4.69) is 66.1 Å². The molecule has 7 nitrogen and oxygen atoms in total. The number of amides is 1. The normalized spacial score (nSPS) is 14.3. The fourth-order valence-corrected chi connectivity index (χ4v) is 7.96. The molecule has 0 radical (unpaired) electrons. The summed E-state index contributed by atoms with van der Waals surface area (Å²) in [4.78, 5) is 36.2. The number of hydrogen-bond acceptors (Lipinski definition) is 5. The number of ether oxygens (including phenoxy) is 1. The van der Waals surface area contributed by atoms with Crippen LogP contribution in [0.15, 0.2) is 136 Å². The van der Waals surface area contributed by atoms with Gasteiger partial charge in [0.25, 0.3) is 11.5 Å². The number of thiazole rings is 1. The molecule has 1 aliphatic rings. The number of aryl methyl sites for hydroxylation is 1. The molecule has 0 unspecified atom stereocenters. The third-order valence-corrected chi connectivity index (χ3v) is 10.4. The Morgan fingerprint density at radius 2 is 1.49 bits per heavy atom. The van der Waals surface area contributed by atoms with E-state index in [4.69, 9.17) is 9.73 Å². The number of rotatable bonds is 9. The van der Waals surface area contributed by atoms with Crippen LogP contribution in [-0.4, -0.2) is 40.1 Å². The van der Waals surface area contributed by atoms with Gasteiger partial charge in [-0.05, 0) is 69.2 Å². The maximum Gasteiger partial charge on any atom is 0.271 e. The third-order valence-electron chi connectivity index (χ3n) is 9.46. The number of carbonyl (C=O) groups excluding carboxylic acids is 1. The summed E-state index contributed by atoms with van der Waals surface area (Å²) in [7, 11) is 1.61. The van der Waals surface area contributed by atoms with E-state index in [-0.39, 0.29) is 11.5 Å². The first-order valence-electron chi connectivity index (χ1n) is 17.2. The summed E-state index contributed by atoms with van der Waals surface area (Å²) in [5.74, 6) is 0.464. The molecule has 0 saturated heterocycles. The van der Waals surface area contributed by atoms with E-state index in [0.29, 0.717) is 39.4 Å². The van der Waals surface area contributed by atoms with Crippen molar-refractivity contribution in [2.24, 2.45) is 4.99 Å². The van der Waals surface area contributed by atoms with Gasteiger partial charge in [0.1, 0.15) is 11.8 Å². The van der Waals surface area contributed by atoms with Crippen molar-refractivity contribution in [3.63, 3.8) is 0 Å². The van der Waals surface area contributed by atoms with Crippen molar-refractivity contribution in [3.05, 3.63) is 163 Å². The van der Waals surface area contributed by atoms with Crippen LogP contribution in [0.1, 0.15) is 43.5 Å². The Morgan fingerprint density at radius 3 is 2.14 bits per heavy atom. The van der Waals surface area contributed by atoms with Crippen LogP contribution in [0.3, 0.4) is 0 Å². The number of allylic oxidation sites excluding steroid dienone is 1. The Balaban J connectivity index is 1.52. The number of likely N-dealkylation sites (N-methyl/N-ethyl adjacent to an activating group) is 1. The number of para-hydroxylation sites is 1. The lowest BCUT2D eigenvalue weighted by Crippen LogP contribution is -2.43. The molecule has 0 N–H and O–H groups in total. The Bertz CT molecular complexity index is 2430. The zero-order valence-corrected chi connectivity index (χ0v) is 30.3. The molecule has 0 bridgehead atoms. The van der Waals surface area contributed by atoms with E-state index in [1.54, 1.807) is 16.6 Å². The Kier molecular flexibility index (Phi) is 9.43. The first-order valence-corrected chi connectivity index (χ1v) is 18.0. The van der Waals surface area contributed by atoms with Gasteiger partial charge in [0, 0.05) is 29.9 Å². The highest BCUT2D eigenvalue weighted by Crippen LogP contribution is 2.38. The van der Waals surface area contributed by atoms with Crippen molar-refractivity contribution in [1.82, 2.24) is 14.0 Å². The third kappa shape index (κ3) is 6.17. The highest BCUT2D eigenvalue weighted by molar-refractivity contribution is 7.07. The molecule has 3 heterocycles. The fourth-order valence-electron chi connectivity index (χ4n) is 6.92. The molecule has 1 amide bonds. The van der Waals surface area contributed by atoms with Gasteiger partial charge in [0.05, 0.1) is 34.3 Å². The smallest absolute Gasteiger partial charge is 0.271 e. The van der Waals surface area contributed by atoms with Crippen molar-refractivity contribution < 1.29 is 9.53 Å². The molecule has 8 heteroatoms. The maximum absolute atomic E-state index is 14.8. The van der Waals surface area contributed by atoms with E-state index >= 15 is 0 Å². The van der Waals surface area contributed by atoms with E-state index in [0.717, 1.165) is 39.3 Å². The molecule has 1 atom stereocenters. The van der Waals surface area contributed by atoms with Gasteiger partial charge in [-0.3, -0.25) is 14.2 Å². The molecule has 256 valence electrons. The SMILES string of the molecule is CCN(CC)C(=O)C1=C(C)N=c2s/c(=C/c3cc(-c4ccccc4)n(-c4ccc(C)cc4)c3-c3ccccc3)c(=O)n2[C@H]1c1ccccc1OC. The summed E-state index contributed by atoms with van der Waals surface area (Å²) in [5.41, 5.74) is 8.74. The summed E-state index contributed by atoms with van der Waals surface area (Å²) in [6, 6.07) is 38.1. The number of hydrogen-bond donors (Lipinski definition) is 0. The second kappa shape index (κ2) is 14.2. The number of methoxy groups -OCH3 is 1. The summed E-state index contributed by atoms with van der Waals surface area (Å²) in [5, 5.41) is 0. The van der Waals surface area contributed by atoms with Crippen molar-refractivity contribution in [3.8, 4) is 34.0 Å². The van der Waals surface area contributed by atoms with E-state index in [9.17, 15) is 9.59 Å². The van der Waals surface area contributed by atoms with Crippen LogP contribution in [0.2, 0.25) is 0 Å². The number of nitrogens with zero attached hydrogens (tertiary/aromatic N) is 4. The molecule has 0 fully saturated rings. The summed E-state index contributed by atoms with van der Waals surface area (Å²) in [6.45, 7) is 8.94. The monoisotopic (exact) mass is 692 g/mol. The lowest BCUT2D eigenvalue weighted by Gasteiger charge is -2.29. The highest BCUT2D eigenvalue weighted by atomic mass is 32.1. The molecule has 51 heavy (non-hydrogen) atoms. The standard InChI is InChI=1S/C43H40N4O3S/c1-6-45(7-2)42(49)38-29(4)44-43-47(40(38)34-20-14-15-21-36(34)50-5)41(48)37(51-43)27-32-26-35(30-16-10-8-11-17-30)46(33-24-22-28(3)23-25-33)39(32)31-18-12-9-13-19-31/h8-27,40H,6-7H2,1-5H3/b37-27+/t40-/m0/s1. The van der Waals surface area contributed by atoms with Crippen LogP contribution in [0.5, 0.6) is 5.75 Å². The van der Waals surface area contributed by atoms with Crippen LogP contribution in [0.4, 0.5) is 0 Å². The Hall–Kier alpha value is -5.73. The van der Waals surface area contributed by atoms with Crippen LogP contribution < -0.4 is 19.6 Å². The summed E-state index contributed by atoms with van der Waals surface area (Å²) >= 11 is 1.34. The van der Waals surface area contributed by atoms with E-state index in [1.807, 2.05) is 87.5 Å². The van der Waals surface area contributed by atoms with Crippen molar-refractivity contribution in [2.45, 2.75) is 33.7 Å². The van der Waals surface area contributed by atoms with Gasteiger partial charge in [-0.15, -0.1) is 0 Å². The average molecular weight is 693 g/mol. The zero-order valence-electron chi connectivity index (χ0n) is 29.5.